The molecule has 0 saturated carbocycles. The molecule has 1 rings (SSSR count). The lowest BCUT2D eigenvalue weighted by Crippen LogP contribution is -2.27. The van der Waals surface area contributed by atoms with Crippen LogP contribution in [0.4, 0.5) is 0 Å². The van der Waals surface area contributed by atoms with Gasteiger partial charge in [0.2, 0.25) is 0 Å². The molecule has 0 radical (unpaired) electrons. The summed E-state index contributed by atoms with van der Waals surface area (Å²) < 4.78 is 0. The van der Waals surface area contributed by atoms with Crippen LogP contribution in [0.2, 0.25) is 0 Å². The molecule has 0 amide bonds. The average Bonchev–Trinajstić information content (AvgIpc) is 2.09. The van der Waals surface area contributed by atoms with Gasteiger partial charge in [-0.15, -0.1) is 0 Å². The van der Waals surface area contributed by atoms with Crippen LogP contribution in [0.15, 0.2) is 24.3 Å². The number of hydrogen-bond acceptors (Lipinski definition) is 2. The molecule has 0 aromatic heterocycles. The fourth-order valence-electron chi connectivity index (χ4n) is 1.43. The second-order valence-electron chi connectivity index (χ2n) is 3.63. The van der Waals surface area contributed by atoms with E-state index in [1.54, 1.807) is 0 Å². The Hall–Kier alpha value is -0.860. The highest BCUT2D eigenvalue weighted by molar-refractivity contribution is 5.24. The zero-order valence-electron chi connectivity index (χ0n) is 8.62. The molecule has 0 saturated heterocycles. The molecule has 1 aromatic rings. The van der Waals surface area contributed by atoms with Crippen molar-refractivity contribution in [2.24, 2.45) is 5.73 Å². The standard InChI is InChI=1S/C11H18N2/c1-9-4-6-10(7-5-9)11(8-12)13(2)3/h4-7,11H,8,12H2,1-3H3/t11-/m1/s1. The number of nitrogens with two attached hydrogens (primary N) is 1. The third kappa shape index (κ3) is 2.54. The van der Waals surface area contributed by atoms with Crippen molar-refractivity contribution in [3.8, 4) is 0 Å². The van der Waals surface area contributed by atoms with Crippen molar-refractivity contribution in [1.29, 1.82) is 0 Å². The Morgan fingerprint density at radius 1 is 1.23 bits per heavy atom. The second kappa shape index (κ2) is 4.40. The largest absolute Gasteiger partial charge is 0.329 e. The fourth-order valence-corrected chi connectivity index (χ4v) is 1.43. The molecule has 0 aliphatic carbocycles. The zero-order valence-corrected chi connectivity index (χ0v) is 8.62. The molecule has 0 aliphatic rings. The third-order valence-corrected chi connectivity index (χ3v) is 2.31. The zero-order chi connectivity index (χ0) is 9.84. The van der Waals surface area contributed by atoms with E-state index in [1.165, 1.54) is 11.1 Å². The van der Waals surface area contributed by atoms with Gasteiger partial charge in [-0.05, 0) is 26.6 Å². The van der Waals surface area contributed by atoms with E-state index in [2.05, 4.69) is 50.2 Å². The van der Waals surface area contributed by atoms with E-state index in [9.17, 15) is 0 Å². The molecule has 0 heterocycles. The predicted octanol–water partition coefficient (Wildman–Crippen LogP) is 1.56. The van der Waals surface area contributed by atoms with Gasteiger partial charge in [0.05, 0.1) is 0 Å². The Labute approximate surface area is 80.4 Å². The smallest absolute Gasteiger partial charge is 0.0464 e. The molecule has 13 heavy (non-hydrogen) atoms. The third-order valence-electron chi connectivity index (χ3n) is 2.31. The minimum absolute atomic E-state index is 0.334. The number of rotatable bonds is 3. The summed E-state index contributed by atoms with van der Waals surface area (Å²) >= 11 is 0. The lowest BCUT2D eigenvalue weighted by atomic mass is 10.0. The lowest BCUT2D eigenvalue weighted by Gasteiger charge is -2.23. The first-order valence-corrected chi connectivity index (χ1v) is 4.58. The summed E-state index contributed by atoms with van der Waals surface area (Å²) in [5.74, 6) is 0. The normalized spacial score (nSPS) is 13.3. The van der Waals surface area contributed by atoms with Crippen molar-refractivity contribution in [1.82, 2.24) is 4.90 Å². The quantitative estimate of drug-likeness (QED) is 0.761. The molecule has 2 N–H and O–H groups in total. The van der Waals surface area contributed by atoms with Crippen molar-refractivity contribution < 1.29 is 0 Å². The van der Waals surface area contributed by atoms with E-state index < -0.39 is 0 Å². The Balaban J connectivity index is 2.86. The van der Waals surface area contributed by atoms with Gasteiger partial charge in [0.25, 0.3) is 0 Å². The molecule has 0 bridgehead atoms. The summed E-state index contributed by atoms with van der Waals surface area (Å²) in [4.78, 5) is 2.14. The molecule has 0 unspecified atom stereocenters. The first-order chi connectivity index (χ1) is 6.15. The van der Waals surface area contributed by atoms with E-state index in [0.717, 1.165) is 0 Å². The van der Waals surface area contributed by atoms with Crippen molar-refractivity contribution in [3.63, 3.8) is 0 Å². The van der Waals surface area contributed by atoms with Crippen LogP contribution in [0.1, 0.15) is 17.2 Å². The molecule has 0 fully saturated rings. The summed E-state index contributed by atoms with van der Waals surface area (Å²) in [7, 11) is 4.11. The highest BCUT2D eigenvalue weighted by Crippen LogP contribution is 2.16. The summed E-state index contributed by atoms with van der Waals surface area (Å²) in [6.07, 6.45) is 0. The average molecular weight is 178 g/mol. The molecule has 72 valence electrons. The number of aryl methyl sites for hydroxylation is 1. The molecular formula is C11H18N2. The van der Waals surface area contributed by atoms with Gasteiger partial charge in [-0.1, -0.05) is 29.8 Å². The van der Waals surface area contributed by atoms with Gasteiger partial charge in [-0.25, -0.2) is 0 Å². The van der Waals surface area contributed by atoms with Crippen LogP contribution in [-0.2, 0) is 0 Å². The fraction of sp³-hybridized carbons (Fsp3) is 0.455. The van der Waals surface area contributed by atoms with Crippen LogP contribution in [-0.4, -0.2) is 25.5 Å². The van der Waals surface area contributed by atoms with Crippen LogP contribution in [0.25, 0.3) is 0 Å². The Kier molecular flexibility index (Phi) is 3.46. The number of likely N-dealkylation sites (N-methyl/N-ethyl adjacent to an activating group) is 1. The van der Waals surface area contributed by atoms with E-state index in [4.69, 9.17) is 5.73 Å². The van der Waals surface area contributed by atoms with Gasteiger partial charge < -0.3 is 10.6 Å². The van der Waals surface area contributed by atoms with Gasteiger partial charge in [0.15, 0.2) is 0 Å². The minimum Gasteiger partial charge on any atom is -0.329 e. The van der Waals surface area contributed by atoms with Crippen molar-refractivity contribution in [2.75, 3.05) is 20.6 Å². The molecule has 1 atom stereocenters. The molecule has 1 aromatic carbocycles. The topological polar surface area (TPSA) is 29.3 Å². The minimum atomic E-state index is 0.334. The molecule has 2 heteroatoms. The number of nitrogens with zero attached hydrogens (tertiary/aromatic N) is 1. The van der Waals surface area contributed by atoms with Gasteiger partial charge in [0, 0.05) is 12.6 Å². The van der Waals surface area contributed by atoms with Gasteiger partial charge in [-0.3, -0.25) is 0 Å². The monoisotopic (exact) mass is 178 g/mol. The van der Waals surface area contributed by atoms with Crippen LogP contribution in [0.3, 0.4) is 0 Å². The maximum Gasteiger partial charge on any atom is 0.0464 e. The van der Waals surface area contributed by atoms with Crippen LogP contribution in [0.5, 0.6) is 0 Å². The molecule has 0 spiro atoms. The lowest BCUT2D eigenvalue weighted by molar-refractivity contribution is 0.306. The Morgan fingerprint density at radius 3 is 2.15 bits per heavy atom. The highest BCUT2D eigenvalue weighted by Gasteiger charge is 2.10. The first kappa shape index (κ1) is 10.2. The van der Waals surface area contributed by atoms with E-state index >= 15 is 0 Å². The van der Waals surface area contributed by atoms with Gasteiger partial charge in [0.1, 0.15) is 0 Å². The molecular weight excluding hydrogens is 160 g/mol. The second-order valence-corrected chi connectivity index (χ2v) is 3.63. The number of benzene rings is 1. The van der Waals surface area contributed by atoms with Crippen molar-refractivity contribution in [2.45, 2.75) is 13.0 Å². The van der Waals surface area contributed by atoms with E-state index in [-0.39, 0.29) is 0 Å². The first-order valence-electron chi connectivity index (χ1n) is 4.58. The van der Waals surface area contributed by atoms with Gasteiger partial charge >= 0.3 is 0 Å². The summed E-state index contributed by atoms with van der Waals surface area (Å²) in [6.45, 7) is 2.76. The SMILES string of the molecule is Cc1ccc([C@@H](CN)N(C)C)cc1. The maximum absolute atomic E-state index is 5.70. The molecule has 0 aliphatic heterocycles. The van der Waals surface area contributed by atoms with Gasteiger partial charge in [-0.2, -0.15) is 0 Å². The van der Waals surface area contributed by atoms with Crippen LogP contribution >= 0.6 is 0 Å². The Bertz CT molecular complexity index is 251. The van der Waals surface area contributed by atoms with Crippen LogP contribution < -0.4 is 5.73 Å². The van der Waals surface area contributed by atoms with Crippen molar-refractivity contribution in [3.05, 3.63) is 35.4 Å². The van der Waals surface area contributed by atoms with Crippen LogP contribution in [0, 0.1) is 6.92 Å². The number of hydrogen-bond donors (Lipinski definition) is 1. The van der Waals surface area contributed by atoms with E-state index in [1.807, 2.05) is 0 Å². The van der Waals surface area contributed by atoms with Crippen molar-refractivity contribution >= 4 is 0 Å². The predicted molar refractivity (Wildman–Crippen MR) is 56.7 cm³/mol. The molecule has 2 nitrogen and oxygen atoms in total. The summed E-state index contributed by atoms with van der Waals surface area (Å²) in [6, 6.07) is 8.88. The summed E-state index contributed by atoms with van der Waals surface area (Å²) in [5, 5.41) is 0. The Morgan fingerprint density at radius 2 is 1.77 bits per heavy atom. The highest BCUT2D eigenvalue weighted by atomic mass is 15.1. The summed E-state index contributed by atoms with van der Waals surface area (Å²) in [5.41, 5.74) is 8.28. The maximum atomic E-state index is 5.70. The van der Waals surface area contributed by atoms with E-state index in [0.29, 0.717) is 12.6 Å².